The van der Waals surface area contributed by atoms with Crippen LogP contribution >= 0.6 is 0 Å². The molecule has 0 amide bonds. The number of carboxylic acids is 1. The van der Waals surface area contributed by atoms with Gasteiger partial charge in [0, 0.05) is 5.56 Å². The third-order valence-electron chi connectivity index (χ3n) is 5.71. The van der Waals surface area contributed by atoms with E-state index in [1.807, 2.05) is 13.8 Å². The van der Waals surface area contributed by atoms with Crippen molar-refractivity contribution in [1.29, 1.82) is 0 Å². The summed E-state index contributed by atoms with van der Waals surface area (Å²) in [6.07, 6.45) is 4.37. The highest BCUT2D eigenvalue weighted by Crippen LogP contribution is 2.46. The molecule has 0 bridgehead atoms. The van der Waals surface area contributed by atoms with Crippen LogP contribution in [0.25, 0.3) is 5.83 Å². The molecule has 1 aromatic rings. The first-order valence-corrected chi connectivity index (χ1v) is 9.79. The van der Waals surface area contributed by atoms with Crippen molar-refractivity contribution >= 4 is 11.8 Å². The normalized spacial score (nSPS) is 17.6. The van der Waals surface area contributed by atoms with Gasteiger partial charge < -0.3 is 5.11 Å². The van der Waals surface area contributed by atoms with E-state index in [9.17, 15) is 9.90 Å². The molecule has 0 unspecified atom stereocenters. The predicted octanol–water partition coefficient (Wildman–Crippen LogP) is 7.12. The van der Waals surface area contributed by atoms with Crippen molar-refractivity contribution in [3.63, 3.8) is 0 Å². The molecule has 1 aliphatic rings. The van der Waals surface area contributed by atoms with Crippen LogP contribution in [0.15, 0.2) is 47.1 Å². The van der Waals surface area contributed by atoms with Crippen molar-refractivity contribution in [2.75, 3.05) is 0 Å². The highest BCUT2D eigenvalue weighted by molar-refractivity contribution is 5.88. The lowest BCUT2D eigenvalue weighted by atomic mass is 9.68. The zero-order valence-corrected chi connectivity index (χ0v) is 17.2. The fourth-order valence-electron chi connectivity index (χ4n) is 4.34. The molecule has 1 aliphatic carbocycles. The molecule has 1 N–H and O–H groups in total. The number of hydrogen-bond acceptors (Lipinski definition) is 1. The molecule has 2 nitrogen and oxygen atoms in total. The molecule has 0 fully saturated rings. The third kappa shape index (κ3) is 4.23. The second-order valence-corrected chi connectivity index (χ2v) is 8.05. The first-order chi connectivity index (χ1) is 12.6. The lowest BCUT2D eigenvalue weighted by Crippen LogP contribution is -2.22. The van der Waals surface area contributed by atoms with Gasteiger partial charge in [0.15, 0.2) is 0 Å². The molecule has 0 aromatic heterocycles. The third-order valence-corrected chi connectivity index (χ3v) is 5.71. The Hall–Kier alpha value is -2.16. The number of halogens is 1. The summed E-state index contributed by atoms with van der Waals surface area (Å²) in [5.74, 6) is -1.27. The molecule has 0 heterocycles. The van der Waals surface area contributed by atoms with Gasteiger partial charge in [-0.3, -0.25) is 0 Å². The molecule has 1 aromatic carbocycles. The van der Waals surface area contributed by atoms with E-state index in [1.165, 1.54) is 17.2 Å². The Morgan fingerprint density at radius 2 is 1.96 bits per heavy atom. The summed E-state index contributed by atoms with van der Waals surface area (Å²) in [5.41, 5.74) is 5.26. The molecule has 0 atom stereocenters. The van der Waals surface area contributed by atoms with Gasteiger partial charge in [0.25, 0.3) is 0 Å². The summed E-state index contributed by atoms with van der Waals surface area (Å²) in [6.45, 7) is 14.7. The molecular weight excluding hydrogens is 339 g/mol. The highest BCUT2D eigenvalue weighted by Gasteiger charge is 2.31. The fraction of sp³-hybridized carbons (Fsp3) is 0.458. The lowest BCUT2D eigenvalue weighted by Gasteiger charge is -2.36. The summed E-state index contributed by atoms with van der Waals surface area (Å²) in [6, 6.07) is 4.64. The van der Waals surface area contributed by atoms with Gasteiger partial charge >= 0.3 is 5.97 Å². The van der Waals surface area contributed by atoms with Crippen LogP contribution in [0, 0.1) is 5.41 Å². The number of allylic oxidation sites excluding steroid dienone is 4. The van der Waals surface area contributed by atoms with E-state index in [4.69, 9.17) is 0 Å². The van der Waals surface area contributed by atoms with E-state index in [-0.39, 0.29) is 16.8 Å². The molecule has 0 saturated carbocycles. The average Bonchev–Trinajstić information content (AvgIpc) is 2.60. The minimum Gasteiger partial charge on any atom is -0.478 e. The Bertz CT molecular complexity index is 825. The Kier molecular flexibility index (Phi) is 6.46. The molecule has 2 rings (SSSR count). The zero-order chi connectivity index (χ0) is 20.4. The van der Waals surface area contributed by atoms with Gasteiger partial charge in [0.2, 0.25) is 0 Å². The minimum absolute atomic E-state index is 0.0130. The number of rotatable bonds is 6. The van der Waals surface area contributed by atoms with E-state index in [0.717, 1.165) is 24.8 Å². The molecule has 27 heavy (non-hydrogen) atoms. The minimum atomic E-state index is -0.995. The maximum atomic E-state index is 15.6. The van der Waals surface area contributed by atoms with Gasteiger partial charge in [-0.2, -0.15) is 0 Å². The Labute approximate surface area is 162 Å². The maximum Gasteiger partial charge on any atom is 0.335 e. The van der Waals surface area contributed by atoms with Crippen LogP contribution in [0.2, 0.25) is 0 Å². The summed E-state index contributed by atoms with van der Waals surface area (Å²) in [7, 11) is 0. The summed E-state index contributed by atoms with van der Waals surface area (Å²) in [4.78, 5) is 11.2. The summed E-state index contributed by atoms with van der Waals surface area (Å²) >= 11 is 0. The Morgan fingerprint density at radius 3 is 2.48 bits per heavy atom. The quantitative estimate of drug-likeness (QED) is 0.541. The van der Waals surface area contributed by atoms with Crippen molar-refractivity contribution in [2.45, 2.75) is 66.7 Å². The van der Waals surface area contributed by atoms with Crippen molar-refractivity contribution in [1.82, 2.24) is 0 Å². The number of aryl methyl sites for hydroxylation is 1. The number of carboxylic acid groups (broad SMARTS) is 1. The van der Waals surface area contributed by atoms with E-state index in [0.29, 0.717) is 29.5 Å². The fourth-order valence-corrected chi connectivity index (χ4v) is 4.34. The van der Waals surface area contributed by atoms with Gasteiger partial charge in [-0.15, -0.1) is 0 Å². The number of hydrogen-bond donors (Lipinski definition) is 1. The van der Waals surface area contributed by atoms with Crippen LogP contribution < -0.4 is 0 Å². The van der Waals surface area contributed by atoms with E-state index >= 15 is 4.39 Å². The summed E-state index contributed by atoms with van der Waals surface area (Å²) in [5, 5.41) is 9.21. The standard InChI is InChI=1S/C24H31FO2/c1-7-17-14-18(23(26)27)11-12-20(17)22(25)19(8-2)16(4)21-15(3)10-9-13-24(21,5)6/h11-12,14H,4,7-10,13H2,1-3,5-6H3,(H,26,27)/b22-19-. The van der Waals surface area contributed by atoms with Gasteiger partial charge in [-0.25, -0.2) is 9.18 Å². The molecule has 0 spiro atoms. The topological polar surface area (TPSA) is 37.3 Å². The van der Waals surface area contributed by atoms with Gasteiger partial charge in [0.05, 0.1) is 5.56 Å². The molecule has 0 saturated heterocycles. The SMILES string of the molecule is C=C(C1=C(C)CCCC1(C)C)/C(CC)=C(\F)c1ccc(C(=O)O)cc1CC. The maximum absolute atomic E-state index is 15.6. The van der Waals surface area contributed by atoms with Crippen LogP contribution in [0.3, 0.4) is 0 Å². The van der Waals surface area contributed by atoms with E-state index in [2.05, 4.69) is 27.4 Å². The first-order valence-electron chi connectivity index (χ1n) is 9.79. The van der Waals surface area contributed by atoms with Crippen molar-refractivity contribution in [3.8, 4) is 0 Å². The van der Waals surface area contributed by atoms with E-state index in [1.54, 1.807) is 12.1 Å². The number of benzene rings is 1. The number of carbonyl (C=O) groups is 1. The Balaban J connectivity index is 2.59. The monoisotopic (exact) mass is 370 g/mol. The molecule has 0 aliphatic heterocycles. The second-order valence-electron chi connectivity index (χ2n) is 8.05. The highest BCUT2D eigenvalue weighted by atomic mass is 19.1. The van der Waals surface area contributed by atoms with Crippen LogP contribution in [-0.4, -0.2) is 11.1 Å². The van der Waals surface area contributed by atoms with Gasteiger partial charge in [-0.1, -0.05) is 45.9 Å². The summed E-state index contributed by atoms with van der Waals surface area (Å²) < 4.78 is 15.6. The number of aromatic carboxylic acids is 1. The van der Waals surface area contributed by atoms with Gasteiger partial charge in [0.1, 0.15) is 5.83 Å². The second kappa shape index (κ2) is 8.24. The smallest absolute Gasteiger partial charge is 0.335 e. The average molecular weight is 371 g/mol. The first kappa shape index (κ1) is 21.1. The van der Waals surface area contributed by atoms with Crippen LogP contribution in [0.4, 0.5) is 4.39 Å². The van der Waals surface area contributed by atoms with Crippen LogP contribution in [0.5, 0.6) is 0 Å². The van der Waals surface area contributed by atoms with Crippen LogP contribution in [0.1, 0.15) is 81.8 Å². The largest absolute Gasteiger partial charge is 0.478 e. The van der Waals surface area contributed by atoms with E-state index < -0.39 is 5.97 Å². The van der Waals surface area contributed by atoms with Gasteiger partial charge in [-0.05, 0) is 78.9 Å². The molecule has 146 valence electrons. The Morgan fingerprint density at radius 1 is 1.30 bits per heavy atom. The van der Waals surface area contributed by atoms with Crippen molar-refractivity contribution < 1.29 is 14.3 Å². The van der Waals surface area contributed by atoms with Crippen molar-refractivity contribution in [2.24, 2.45) is 5.41 Å². The zero-order valence-electron chi connectivity index (χ0n) is 17.2. The predicted molar refractivity (Wildman–Crippen MR) is 111 cm³/mol. The lowest BCUT2D eigenvalue weighted by molar-refractivity contribution is 0.0696. The molecule has 3 heteroatoms. The molecule has 0 radical (unpaired) electrons. The van der Waals surface area contributed by atoms with Crippen molar-refractivity contribution in [3.05, 3.63) is 63.8 Å². The van der Waals surface area contributed by atoms with Crippen LogP contribution in [-0.2, 0) is 6.42 Å². The molecular formula is C24H31FO2.